The van der Waals surface area contributed by atoms with E-state index in [1.165, 1.54) is 0 Å². The van der Waals surface area contributed by atoms with E-state index in [-0.39, 0.29) is 12.1 Å². The number of aryl methyl sites for hydroxylation is 2. The number of hydrogen-bond acceptors (Lipinski definition) is 4. The van der Waals surface area contributed by atoms with E-state index in [9.17, 15) is 5.11 Å². The third-order valence-corrected chi connectivity index (χ3v) is 5.07. The average molecular weight is 337 g/mol. The van der Waals surface area contributed by atoms with Crippen molar-refractivity contribution in [2.75, 3.05) is 11.9 Å². The van der Waals surface area contributed by atoms with Gasteiger partial charge >= 0.3 is 0 Å². The summed E-state index contributed by atoms with van der Waals surface area (Å²) in [6.45, 7) is 6.57. The Bertz CT molecular complexity index is 904. The van der Waals surface area contributed by atoms with Crippen molar-refractivity contribution in [2.45, 2.75) is 39.0 Å². The molecule has 1 aliphatic heterocycles. The van der Waals surface area contributed by atoms with Gasteiger partial charge in [0.05, 0.1) is 17.4 Å². The maximum atomic E-state index is 11.0. The summed E-state index contributed by atoms with van der Waals surface area (Å²) >= 11 is 0. The standard InChI is InChI=1S/C20H23N3O2/c1-4-25-19-15-10-11-23-13(3)12(2)21-20(23)17(15)22-16(18(19)24)14-8-6-5-7-9-14/h5-11,16,18-19,22,24H,4H2,1-3H3/t16-,18-,19-/m0/s1. The lowest BCUT2D eigenvalue weighted by molar-refractivity contribution is -0.0462. The van der Waals surface area contributed by atoms with Crippen LogP contribution >= 0.6 is 0 Å². The summed E-state index contributed by atoms with van der Waals surface area (Å²) in [6, 6.07) is 11.8. The molecule has 0 radical (unpaired) electrons. The van der Waals surface area contributed by atoms with Gasteiger partial charge in [-0.15, -0.1) is 0 Å². The van der Waals surface area contributed by atoms with Gasteiger partial charge in [0.2, 0.25) is 0 Å². The van der Waals surface area contributed by atoms with Crippen molar-refractivity contribution in [3.63, 3.8) is 0 Å². The van der Waals surface area contributed by atoms with Crippen molar-refractivity contribution >= 4 is 11.3 Å². The summed E-state index contributed by atoms with van der Waals surface area (Å²) in [5, 5.41) is 14.5. The molecule has 3 heterocycles. The number of pyridine rings is 1. The second kappa shape index (κ2) is 6.17. The highest BCUT2D eigenvalue weighted by Crippen LogP contribution is 2.43. The van der Waals surface area contributed by atoms with Crippen LogP contribution < -0.4 is 5.32 Å². The van der Waals surface area contributed by atoms with Gasteiger partial charge in [-0.05, 0) is 32.4 Å². The first kappa shape index (κ1) is 16.1. The fourth-order valence-electron chi connectivity index (χ4n) is 3.65. The summed E-state index contributed by atoms with van der Waals surface area (Å²) in [5.41, 5.74) is 5.94. The van der Waals surface area contributed by atoms with Gasteiger partial charge in [0.15, 0.2) is 5.65 Å². The molecule has 4 rings (SSSR count). The third kappa shape index (κ3) is 2.51. The molecule has 2 N–H and O–H groups in total. The van der Waals surface area contributed by atoms with E-state index >= 15 is 0 Å². The molecule has 0 saturated carbocycles. The minimum atomic E-state index is -0.672. The van der Waals surface area contributed by atoms with Crippen molar-refractivity contribution in [1.82, 2.24) is 9.38 Å². The fourth-order valence-corrected chi connectivity index (χ4v) is 3.65. The van der Waals surface area contributed by atoms with E-state index in [0.29, 0.717) is 6.61 Å². The Labute approximate surface area is 147 Å². The van der Waals surface area contributed by atoms with Gasteiger partial charge in [0.1, 0.15) is 12.2 Å². The summed E-state index contributed by atoms with van der Waals surface area (Å²) in [7, 11) is 0. The smallest absolute Gasteiger partial charge is 0.161 e. The van der Waals surface area contributed by atoms with Gasteiger partial charge in [0, 0.05) is 24.1 Å². The number of rotatable bonds is 3. The average Bonchev–Trinajstić information content (AvgIpc) is 2.92. The number of anilines is 1. The number of ether oxygens (including phenoxy) is 1. The molecule has 25 heavy (non-hydrogen) atoms. The van der Waals surface area contributed by atoms with E-state index in [2.05, 4.69) is 16.6 Å². The van der Waals surface area contributed by atoms with E-state index in [1.54, 1.807) is 0 Å². The van der Waals surface area contributed by atoms with E-state index in [4.69, 9.17) is 9.72 Å². The lowest BCUT2D eigenvalue weighted by atomic mass is 9.89. The maximum absolute atomic E-state index is 11.0. The number of imidazole rings is 1. The predicted octanol–water partition coefficient (Wildman–Crippen LogP) is 3.56. The Morgan fingerprint density at radius 2 is 1.96 bits per heavy atom. The van der Waals surface area contributed by atoms with Gasteiger partial charge < -0.3 is 19.6 Å². The lowest BCUT2D eigenvalue weighted by Gasteiger charge is -2.37. The number of fused-ring (bicyclic) bond motifs is 3. The molecule has 1 aliphatic rings. The summed E-state index contributed by atoms with van der Waals surface area (Å²) in [4.78, 5) is 4.74. The Balaban J connectivity index is 1.90. The minimum Gasteiger partial charge on any atom is -0.388 e. The molecule has 0 saturated heterocycles. The molecule has 0 fully saturated rings. The largest absolute Gasteiger partial charge is 0.388 e. The zero-order valence-electron chi connectivity index (χ0n) is 14.7. The third-order valence-electron chi connectivity index (χ3n) is 5.07. The minimum absolute atomic E-state index is 0.242. The highest BCUT2D eigenvalue weighted by Gasteiger charge is 2.38. The van der Waals surface area contributed by atoms with Crippen molar-refractivity contribution in [1.29, 1.82) is 0 Å². The van der Waals surface area contributed by atoms with Crippen molar-refractivity contribution in [2.24, 2.45) is 0 Å². The monoisotopic (exact) mass is 337 g/mol. The Kier molecular flexibility index (Phi) is 3.98. The zero-order chi connectivity index (χ0) is 17.6. The normalized spacial score (nSPS) is 22.6. The van der Waals surface area contributed by atoms with Crippen LogP contribution in [-0.2, 0) is 4.74 Å². The molecule has 1 aromatic carbocycles. The number of nitrogens with one attached hydrogen (secondary N) is 1. The van der Waals surface area contributed by atoms with E-state index < -0.39 is 6.10 Å². The molecule has 0 amide bonds. The maximum Gasteiger partial charge on any atom is 0.161 e. The summed E-state index contributed by atoms with van der Waals surface area (Å²) in [6.07, 6.45) is 0.954. The predicted molar refractivity (Wildman–Crippen MR) is 97.8 cm³/mol. The van der Waals surface area contributed by atoms with Gasteiger partial charge in [-0.3, -0.25) is 0 Å². The number of benzene rings is 1. The Morgan fingerprint density at radius 1 is 1.20 bits per heavy atom. The first-order chi connectivity index (χ1) is 12.1. The first-order valence-corrected chi connectivity index (χ1v) is 8.71. The van der Waals surface area contributed by atoms with Crippen LogP contribution in [0.25, 0.3) is 5.65 Å². The van der Waals surface area contributed by atoms with Crippen LogP contribution in [0.1, 0.15) is 41.6 Å². The van der Waals surface area contributed by atoms with Crippen LogP contribution in [0.2, 0.25) is 0 Å². The van der Waals surface area contributed by atoms with Crippen LogP contribution in [0, 0.1) is 13.8 Å². The van der Waals surface area contributed by atoms with Gasteiger partial charge in [0.25, 0.3) is 0 Å². The lowest BCUT2D eigenvalue weighted by Crippen LogP contribution is -2.37. The van der Waals surface area contributed by atoms with E-state index in [0.717, 1.165) is 33.8 Å². The molecule has 0 unspecified atom stereocenters. The van der Waals surface area contributed by atoms with Gasteiger partial charge in [-0.2, -0.15) is 0 Å². The number of nitrogens with zero attached hydrogens (tertiary/aromatic N) is 2. The van der Waals surface area contributed by atoms with Gasteiger partial charge in [-0.25, -0.2) is 4.98 Å². The topological polar surface area (TPSA) is 58.8 Å². The number of aliphatic hydroxyl groups is 1. The molecular weight excluding hydrogens is 314 g/mol. The molecule has 130 valence electrons. The van der Waals surface area contributed by atoms with Crippen molar-refractivity contribution in [3.8, 4) is 0 Å². The molecule has 3 atom stereocenters. The molecular formula is C20H23N3O2. The highest BCUT2D eigenvalue weighted by atomic mass is 16.5. The molecule has 3 aromatic rings. The number of hydrogen-bond donors (Lipinski definition) is 2. The number of aromatic nitrogens is 2. The Morgan fingerprint density at radius 3 is 2.68 bits per heavy atom. The molecule has 0 aliphatic carbocycles. The van der Waals surface area contributed by atoms with E-state index in [1.807, 2.05) is 56.4 Å². The summed E-state index contributed by atoms with van der Waals surface area (Å²) < 4.78 is 8.02. The van der Waals surface area contributed by atoms with Crippen LogP contribution in [0.5, 0.6) is 0 Å². The Hall–Kier alpha value is -2.37. The molecule has 0 bridgehead atoms. The quantitative estimate of drug-likeness (QED) is 0.767. The zero-order valence-corrected chi connectivity index (χ0v) is 14.7. The second-order valence-electron chi connectivity index (χ2n) is 6.52. The molecule has 2 aromatic heterocycles. The van der Waals surface area contributed by atoms with Crippen molar-refractivity contribution < 1.29 is 9.84 Å². The summed E-state index contributed by atoms with van der Waals surface area (Å²) in [5.74, 6) is 0. The molecule has 5 nitrogen and oxygen atoms in total. The molecule has 5 heteroatoms. The highest BCUT2D eigenvalue weighted by molar-refractivity contribution is 5.75. The molecule has 0 spiro atoms. The van der Waals surface area contributed by atoms with Crippen LogP contribution in [-0.4, -0.2) is 27.2 Å². The van der Waals surface area contributed by atoms with Gasteiger partial charge in [-0.1, -0.05) is 30.3 Å². The van der Waals surface area contributed by atoms with Crippen LogP contribution in [0.4, 0.5) is 5.69 Å². The van der Waals surface area contributed by atoms with Crippen LogP contribution in [0.3, 0.4) is 0 Å². The fraction of sp³-hybridized carbons (Fsp3) is 0.350. The SMILES string of the molecule is CCO[C@H]1c2ccn3c(C)c(C)nc3c2N[C@@H](c2ccccc2)[C@@H]1O. The first-order valence-electron chi connectivity index (χ1n) is 8.71. The number of aliphatic hydroxyl groups excluding tert-OH is 1. The van der Waals surface area contributed by atoms with Crippen LogP contribution in [0.15, 0.2) is 42.6 Å². The van der Waals surface area contributed by atoms with Crippen molar-refractivity contribution in [3.05, 3.63) is 65.1 Å². The second-order valence-corrected chi connectivity index (χ2v) is 6.52.